The van der Waals surface area contributed by atoms with Gasteiger partial charge in [-0.1, -0.05) is 48.9 Å². The first-order valence-electron chi connectivity index (χ1n) is 9.26. The van der Waals surface area contributed by atoms with Gasteiger partial charge in [-0.3, -0.25) is 4.57 Å². The number of rotatable bonds is 4. The molecule has 2 aromatic carbocycles. The molecule has 0 bridgehead atoms. The van der Waals surface area contributed by atoms with E-state index < -0.39 is 0 Å². The van der Waals surface area contributed by atoms with E-state index in [1.54, 1.807) is 6.34 Å². The SMILES string of the molecule is Cc1ccc(N=c2sc(/C=c3\ccc4c(c3)N=CN=4)c(O)n2CC(C)C)cc1. The van der Waals surface area contributed by atoms with E-state index in [1.807, 2.05) is 53.1 Å². The lowest BCUT2D eigenvalue weighted by Crippen LogP contribution is -2.17. The molecule has 28 heavy (non-hydrogen) atoms. The predicted molar refractivity (Wildman–Crippen MR) is 114 cm³/mol. The van der Waals surface area contributed by atoms with Crippen LogP contribution >= 0.6 is 11.3 Å². The van der Waals surface area contributed by atoms with Crippen molar-refractivity contribution in [3.05, 3.63) is 68.3 Å². The van der Waals surface area contributed by atoms with Crippen molar-refractivity contribution in [2.75, 3.05) is 0 Å². The maximum absolute atomic E-state index is 10.9. The van der Waals surface area contributed by atoms with Gasteiger partial charge in [0.1, 0.15) is 6.34 Å². The zero-order valence-electron chi connectivity index (χ0n) is 16.1. The van der Waals surface area contributed by atoms with Gasteiger partial charge in [0, 0.05) is 6.54 Å². The van der Waals surface area contributed by atoms with Crippen LogP contribution in [0, 0.1) is 12.8 Å². The highest BCUT2D eigenvalue weighted by Crippen LogP contribution is 2.23. The second-order valence-corrected chi connectivity index (χ2v) is 8.30. The summed E-state index contributed by atoms with van der Waals surface area (Å²) in [6.07, 6.45) is 3.53. The van der Waals surface area contributed by atoms with E-state index in [0.29, 0.717) is 12.5 Å². The van der Waals surface area contributed by atoms with Crippen LogP contribution in [0.15, 0.2) is 57.4 Å². The first kappa shape index (κ1) is 18.4. The highest BCUT2D eigenvalue weighted by molar-refractivity contribution is 7.10. The van der Waals surface area contributed by atoms with Gasteiger partial charge in [0.25, 0.3) is 0 Å². The van der Waals surface area contributed by atoms with Crippen molar-refractivity contribution in [2.24, 2.45) is 20.9 Å². The van der Waals surface area contributed by atoms with Crippen molar-refractivity contribution in [3.8, 4) is 5.88 Å². The Hall–Kier alpha value is -2.99. The van der Waals surface area contributed by atoms with Crippen molar-refractivity contribution < 1.29 is 5.11 Å². The minimum absolute atomic E-state index is 0.248. The normalized spacial score (nSPS) is 14.0. The molecular formula is C22H22N4OS. The molecule has 0 unspecified atom stereocenters. The van der Waals surface area contributed by atoms with E-state index >= 15 is 0 Å². The Morgan fingerprint density at radius 2 is 1.96 bits per heavy atom. The number of aliphatic imine (C=N–C) groups is 1. The molecular weight excluding hydrogens is 368 g/mol. The zero-order valence-corrected chi connectivity index (χ0v) is 16.9. The van der Waals surface area contributed by atoms with Crippen molar-refractivity contribution in [2.45, 2.75) is 27.3 Å². The molecule has 0 aliphatic carbocycles. The molecule has 1 aromatic heterocycles. The number of hydrogen-bond donors (Lipinski definition) is 1. The Labute approximate surface area is 167 Å². The average molecular weight is 391 g/mol. The molecule has 2 heterocycles. The molecule has 0 fully saturated rings. The van der Waals surface area contributed by atoms with E-state index in [2.05, 4.69) is 30.8 Å². The van der Waals surface area contributed by atoms with Gasteiger partial charge in [-0.05, 0) is 48.4 Å². The van der Waals surface area contributed by atoms with Gasteiger partial charge in [-0.15, -0.1) is 0 Å². The molecule has 1 N–H and O–H groups in total. The molecule has 0 saturated heterocycles. The predicted octanol–water partition coefficient (Wildman–Crippen LogP) is 3.57. The van der Waals surface area contributed by atoms with Crippen LogP contribution in [0.5, 0.6) is 5.88 Å². The molecule has 1 aliphatic heterocycles. The van der Waals surface area contributed by atoms with Crippen LogP contribution in [0.4, 0.5) is 11.4 Å². The minimum Gasteiger partial charge on any atom is -0.493 e. The molecule has 0 radical (unpaired) electrons. The maximum Gasteiger partial charge on any atom is 0.211 e. The van der Waals surface area contributed by atoms with Gasteiger partial charge >= 0.3 is 0 Å². The summed E-state index contributed by atoms with van der Waals surface area (Å²) in [4.78, 5) is 14.8. The number of benzene rings is 2. The Morgan fingerprint density at radius 3 is 2.71 bits per heavy atom. The maximum atomic E-state index is 10.9. The number of aromatic hydroxyl groups is 1. The average Bonchev–Trinajstić information content (AvgIpc) is 3.23. The molecule has 0 saturated carbocycles. The number of aromatic nitrogens is 1. The minimum atomic E-state index is 0.248. The standard InChI is InChI=1S/C22H22N4OS/c1-14(2)12-26-21(27)20(11-16-6-9-18-19(10-16)24-13-23-18)28-22(26)25-17-7-4-15(3)5-8-17/h4-11,13-14,27H,12H2,1-3H3/b16-11+,25-22?. The molecule has 4 rings (SSSR count). The Morgan fingerprint density at radius 1 is 1.18 bits per heavy atom. The van der Waals surface area contributed by atoms with Crippen LogP contribution < -0.4 is 15.4 Å². The van der Waals surface area contributed by atoms with Crippen LogP contribution in [-0.4, -0.2) is 16.0 Å². The summed E-state index contributed by atoms with van der Waals surface area (Å²) in [7, 11) is 0. The summed E-state index contributed by atoms with van der Waals surface area (Å²) in [5.41, 5.74) is 2.93. The lowest BCUT2D eigenvalue weighted by Gasteiger charge is -2.07. The van der Waals surface area contributed by atoms with Crippen LogP contribution in [-0.2, 0) is 6.54 Å². The molecule has 3 aromatic rings. The number of nitrogens with zero attached hydrogens (tertiary/aromatic N) is 4. The van der Waals surface area contributed by atoms with E-state index in [1.165, 1.54) is 16.9 Å². The van der Waals surface area contributed by atoms with Gasteiger partial charge < -0.3 is 5.11 Å². The first-order valence-corrected chi connectivity index (χ1v) is 10.1. The number of fused-ring (bicyclic) bond motifs is 1. The third kappa shape index (κ3) is 3.82. The highest BCUT2D eigenvalue weighted by atomic mass is 32.1. The zero-order chi connectivity index (χ0) is 19.7. The van der Waals surface area contributed by atoms with Gasteiger partial charge in [0.05, 0.1) is 21.6 Å². The Bertz CT molecular complexity index is 1230. The highest BCUT2D eigenvalue weighted by Gasteiger charge is 2.12. The van der Waals surface area contributed by atoms with E-state index in [4.69, 9.17) is 4.99 Å². The number of hydrogen-bond acceptors (Lipinski definition) is 5. The molecule has 6 heteroatoms. The lowest BCUT2D eigenvalue weighted by atomic mass is 10.2. The van der Waals surface area contributed by atoms with Gasteiger partial charge in [-0.2, -0.15) is 0 Å². The van der Waals surface area contributed by atoms with E-state index in [0.717, 1.165) is 31.6 Å². The summed E-state index contributed by atoms with van der Waals surface area (Å²) >= 11 is 1.48. The van der Waals surface area contributed by atoms with Crippen LogP contribution in [0.25, 0.3) is 6.08 Å². The molecule has 0 amide bonds. The van der Waals surface area contributed by atoms with Crippen LogP contribution in [0.3, 0.4) is 0 Å². The van der Waals surface area contributed by atoms with E-state index in [-0.39, 0.29) is 5.88 Å². The monoisotopic (exact) mass is 390 g/mol. The van der Waals surface area contributed by atoms with Crippen LogP contribution in [0.1, 0.15) is 24.3 Å². The molecule has 5 nitrogen and oxygen atoms in total. The van der Waals surface area contributed by atoms with Crippen molar-refractivity contribution in [1.82, 2.24) is 4.57 Å². The number of thiazole rings is 1. The quantitative estimate of drug-likeness (QED) is 0.727. The van der Waals surface area contributed by atoms with Gasteiger partial charge in [0.2, 0.25) is 5.88 Å². The van der Waals surface area contributed by atoms with Crippen molar-refractivity contribution in [1.29, 1.82) is 0 Å². The molecule has 0 spiro atoms. The summed E-state index contributed by atoms with van der Waals surface area (Å²) in [5.74, 6) is 0.638. The molecule has 142 valence electrons. The first-order chi connectivity index (χ1) is 13.5. The Balaban J connectivity index is 1.84. The fourth-order valence-electron chi connectivity index (χ4n) is 3.01. The van der Waals surface area contributed by atoms with E-state index in [9.17, 15) is 5.11 Å². The third-order valence-electron chi connectivity index (χ3n) is 4.41. The fourth-order valence-corrected chi connectivity index (χ4v) is 4.02. The topological polar surface area (TPSA) is 62.2 Å². The fraction of sp³-hybridized carbons (Fsp3) is 0.227. The summed E-state index contributed by atoms with van der Waals surface area (Å²) in [5, 5.41) is 12.7. The summed E-state index contributed by atoms with van der Waals surface area (Å²) in [6.45, 7) is 7.02. The van der Waals surface area contributed by atoms with Gasteiger partial charge in [0.15, 0.2) is 4.80 Å². The molecule has 0 atom stereocenters. The molecule has 1 aliphatic rings. The van der Waals surface area contributed by atoms with Crippen LogP contribution in [0.2, 0.25) is 0 Å². The smallest absolute Gasteiger partial charge is 0.211 e. The summed E-state index contributed by atoms with van der Waals surface area (Å²) in [6, 6.07) is 14.0. The third-order valence-corrected chi connectivity index (χ3v) is 5.42. The van der Waals surface area contributed by atoms with Crippen molar-refractivity contribution >= 4 is 35.1 Å². The second-order valence-electron chi connectivity index (χ2n) is 7.29. The lowest BCUT2D eigenvalue weighted by molar-refractivity contribution is 0.387. The number of aryl methyl sites for hydroxylation is 1. The summed E-state index contributed by atoms with van der Waals surface area (Å²) < 4.78 is 1.89. The Kier molecular flexibility index (Phi) is 4.96. The van der Waals surface area contributed by atoms with Gasteiger partial charge in [-0.25, -0.2) is 15.0 Å². The van der Waals surface area contributed by atoms with Crippen molar-refractivity contribution in [3.63, 3.8) is 0 Å². The largest absolute Gasteiger partial charge is 0.493 e. The second kappa shape index (κ2) is 7.56.